The largest absolute Gasteiger partial charge is 0.397 e. The average molecular weight is 279 g/mol. The number of rotatable bonds is 1. The molecule has 1 aliphatic rings. The Balaban J connectivity index is 1.89. The van der Waals surface area contributed by atoms with Crippen molar-refractivity contribution in [3.8, 4) is 0 Å². The molecule has 104 valence electrons. The van der Waals surface area contributed by atoms with Gasteiger partial charge >= 0.3 is 0 Å². The van der Waals surface area contributed by atoms with Gasteiger partial charge in [-0.3, -0.25) is 4.98 Å². The molecular formula is C17H14FN3. The molecule has 0 amide bonds. The van der Waals surface area contributed by atoms with E-state index in [0.717, 1.165) is 40.7 Å². The molecule has 3 aromatic rings. The van der Waals surface area contributed by atoms with Crippen molar-refractivity contribution < 1.29 is 4.39 Å². The van der Waals surface area contributed by atoms with Crippen molar-refractivity contribution in [3.63, 3.8) is 0 Å². The van der Waals surface area contributed by atoms with Gasteiger partial charge in [-0.15, -0.1) is 0 Å². The minimum absolute atomic E-state index is 0.218. The fraction of sp³-hybridized carbons (Fsp3) is 0.118. The second kappa shape index (κ2) is 4.45. The van der Waals surface area contributed by atoms with Crippen LogP contribution in [0.2, 0.25) is 0 Å². The van der Waals surface area contributed by atoms with E-state index in [2.05, 4.69) is 9.88 Å². The third-order valence-corrected chi connectivity index (χ3v) is 4.07. The molecule has 0 atom stereocenters. The van der Waals surface area contributed by atoms with Gasteiger partial charge < -0.3 is 10.6 Å². The van der Waals surface area contributed by atoms with Crippen LogP contribution in [-0.2, 0) is 6.42 Å². The lowest BCUT2D eigenvalue weighted by Gasteiger charge is -2.22. The van der Waals surface area contributed by atoms with E-state index in [9.17, 15) is 4.39 Å². The smallest absolute Gasteiger partial charge is 0.125 e. The summed E-state index contributed by atoms with van der Waals surface area (Å²) in [5, 5.41) is 1.99. The van der Waals surface area contributed by atoms with E-state index in [0.29, 0.717) is 5.69 Å². The summed E-state index contributed by atoms with van der Waals surface area (Å²) in [6.45, 7) is 0.819. The average Bonchev–Trinajstić information content (AvgIpc) is 2.91. The highest BCUT2D eigenvalue weighted by Gasteiger charge is 2.23. The lowest BCUT2D eigenvalue weighted by atomic mass is 10.1. The predicted molar refractivity (Wildman–Crippen MR) is 83.3 cm³/mol. The number of fused-ring (bicyclic) bond motifs is 2. The van der Waals surface area contributed by atoms with Crippen LogP contribution in [0.3, 0.4) is 0 Å². The van der Waals surface area contributed by atoms with Gasteiger partial charge in [-0.2, -0.15) is 0 Å². The van der Waals surface area contributed by atoms with Crippen molar-refractivity contribution in [2.75, 3.05) is 17.2 Å². The van der Waals surface area contributed by atoms with E-state index in [1.54, 1.807) is 18.5 Å². The van der Waals surface area contributed by atoms with Crippen LogP contribution in [-0.4, -0.2) is 11.5 Å². The van der Waals surface area contributed by atoms with Gasteiger partial charge in [0.15, 0.2) is 0 Å². The molecule has 0 bridgehead atoms. The van der Waals surface area contributed by atoms with E-state index in [1.807, 2.05) is 24.3 Å². The lowest BCUT2D eigenvalue weighted by Crippen LogP contribution is -2.15. The van der Waals surface area contributed by atoms with Crippen LogP contribution in [0.15, 0.2) is 48.8 Å². The predicted octanol–water partition coefficient (Wildman–Crippen LogP) is 3.65. The number of aromatic nitrogens is 1. The fourth-order valence-corrected chi connectivity index (χ4v) is 3.02. The summed E-state index contributed by atoms with van der Waals surface area (Å²) < 4.78 is 13.5. The molecule has 0 aliphatic carbocycles. The quantitative estimate of drug-likeness (QED) is 0.691. The van der Waals surface area contributed by atoms with E-state index >= 15 is 0 Å². The maximum absolute atomic E-state index is 13.5. The molecule has 2 N–H and O–H groups in total. The van der Waals surface area contributed by atoms with Crippen LogP contribution in [0.4, 0.5) is 21.5 Å². The highest BCUT2D eigenvalue weighted by Crippen LogP contribution is 2.40. The zero-order valence-electron chi connectivity index (χ0n) is 11.4. The van der Waals surface area contributed by atoms with Crippen LogP contribution in [0.5, 0.6) is 0 Å². The molecule has 4 rings (SSSR count). The topological polar surface area (TPSA) is 42.1 Å². The molecule has 4 heteroatoms. The van der Waals surface area contributed by atoms with Crippen LogP contribution >= 0.6 is 0 Å². The molecule has 2 aromatic carbocycles. The molecule has 0 saturated heterocycles. The third-order valence-electron chi connectivity index (χ3n) is 4.07. The molecular weight excluding hydrogens is 265 g/mol. The van der Waals surface area contributed by atoms with Gasteiger partial charge in [0.05, 0.1) is 11.4 Å². The maximum Gasteiger partial charge on any atom is 0.125 e. The molecule has 21 heavy (non-hydrogen) atoms. The van der Waals surface area contributed by atoms with Gasteiger partial charge in [0, 0.05) is 35.4 Å². The summed E-state index contributed by atoms with van der Waals surface area (Å²) in [7, 11) is 0. The van der Waals surface area contributed by atoms with Crippen molar-refractivity contribution in [1.29, 1.82) is 0 Å². The summed E-state index contributed by atoms with van der Waals surface area (Å²) in [5.41, 5.74) is 10.0. The van der Waals surface area contributed by atoms with E-state index in [-0.39, 0.29) is 5.82 Å². The summed E-state index contributed by atoms with van der Waals surface area (Å²) in [4.78, 5) is 6.20. The fourth-order valence-electron chi connectivity index (χ4n) is 3.02. The van der Waals surface area contributed by atoms with Gasteiger partial charge in [-0.1, -0.05) is 12.1 Å². The van der Waals surface area contributed by atoms with Gasteiger partial charge in [0.1, 0.15) is 5.82 Å². The van der Waals surface area contributed by atoms with E-state index < -0.39 is 0 Å². The molecule has 0 unspecified atom stereocenters. The minimum Gasteiger partial charge on any atom is -0.397 e. The number of pyridine rings is 1. The number of nitrogens with zero attached hydrogens (tertiary/aromatic N) is 2. The Hall–Kier alpha value is -2.62. The molecule has 0 spiro atoms. The standard InChI is InChI=1S/C17H14FN3/c18-13-3-1-11-6-8-21(16(11)9-13)15-4-2-12-10-20-7-5-14(12)17(15)19/h1-5,7,9-10H,6,8,19H2. The second-order valence-corrected chi connectivity index (χ2v) is 5.27. The van der Waals surface area contributed by atoms with Gasteiger partial charge in [-0.25, -0.2) is 4.39 Å². The first-order valence-electron chi connectivity index (χ1n) is 6.92. The maximum atomic E-state index is 13.5. The number of hydrogen-bond donors (Lipinski definition) is 1. The molecule has 1 aliphatic heterocycles. The Bertz CT molecular complexity index is 845. The van der Waals surface area contributed by atoms with Crippen molar-refractivity contribution in [2.24, 2.45) is 0 Å². The molecule has 0 radical (unpaired) electrons. The van der Waals surface area contributed by atoms with Crippen LogP contribution in [0.1, 0.15) is 5.56 Å². The Morgan fingerprint density at radius 1 is 1.10 bits per heavy atom. The first kappa shape index (κ1) is 12.1. The molecule has 0 fully saturated rings. The summed E-state index contributed by atoms with van der Waals surface area (Å²) >= 11 is 0. The molecule has 3 nitrogen and oxygen atoms in total. The number of nitrogens with two attached hydrogens (primary N) is 1. The number of anilines is 3. The zero-order chi connectivity index (χ0) is 14.4. The lowest BCUT2D eigenvalue weighted by molar-refractivity contribution is 0.628. The highest BCUT2D eigenvalue weighted by atomic mass is 19.1. The first-order chi connectivity index (χ1) is 10.2. The van der Waals surface area contributed by atoms with Crippen molar-refractivity contribution in [1.82, 2.24) is 4.98 Å². The van der Waals surface area contributed by atoms with Crippen molar-refractivity contribution >= 4 is 27.8 Å². The first-order valence-corrected chi connectivity index (χ1v) is 6.92. The van der Waals surface area contributed by atoms with Gasteiger partial charge in [-0.05, 0) is 36.2 Å². The number of nitrogen functional groups attached to an aromatic ring is 1. The summed E-state index contributed by atoms with van der Waals surface area (Å²) in [6.07, 6.45) is 4.44. The van der Waals surface area contributed by atoms with Crippen LogP contribution < -0.4 is 10.6 Å². The van der Waals surface area contributed by atoms with E-state index in [4.69, 9.17) is 5.73 Å². The molecule has 0 saturated carbocycles. The zero-order valence-corrected chi connectivity index (χ0v) is 11.4. The van der Waals surface area contributed by atoms with Gasteiger partial charge in [0.2, 0.25) is 0 Å². The Labute approximate surface area is 121 Å². The SMILES string of the molecule is Nc1c(N2CCc3ccc(F)cc32)ccc2cnccc12. The Kier molecular flexibility index (Phi) is 2.57. The summed E-state index contributed by atoms with van der Waals surface area (Å²) in [5.74, 6) is -0.218. The van der Waals surface area contributed by atoms with Crippen molar-refractivity contribution in [3.05, 3.63) is 60.2 Å². The Morgan fingerprint density at radius 2 is 2.00 bits per heavy atom. The summed E-state index contributed by atoms with van der Waals surface area (Å²) in [6, 6.07) is 10.9. The second-order valence-electron chi connectivity index (χ2n) is 5.27. The van der Waals surface area contributed by atoms with E-state index in [1.165, 1.54) is 6.07 Å². The van der Waals surface area contributed by atoms with Crippen LogP contribution in [0, 0.1) is 5.82 Å². The minimum atomic E-state index is -0.218. The number of hydrogen-bond acceptors (Lipinski definition) is 3. The molecule has 1 aromatic heterocycles. The Morgan fingerprint density at radius 3 is 2.90 bits per heavy atom. The number of halogens is 1. The third kappa shape index (κ3) is 1.83. The normalized spacial score (nSPS) is 13.7. The monoisotopic (exact) mass is 279 g/mol. The highest BCUT2D eigenvalue weighted by molar-refractivity contribution is 6.00. The van der Waals surface area contributed by atoms with Gasteiger partial charge in [0.25, 0.3) is 0 Å². The number of benzene rings is 2. The molecule has 2 heterocycles. The van der Waals surface area contributed by atoms with Crippen LogP contribution in [0.25, 0.3) is 10.8 Å². The van der Waals surface area contributed by atoms with Crippen molar-refractivity contribution in [2.45, 2.75) is 6.42 Å².